The lowest BCUT2D eigenvalue weighted by Gasteiger charge is -2.03. The fourth-order valence-electron chi connectivity index (χ4n) is 1.04. The Labute approximate surface area is 88.8 Å². The van der Waals surface area contributed by atoms with Gasteiger partial charge in [-0.25, -0.2) is 0 Å². The Morgan fingerprint density at radius 2 is 2.21 bits per heavy atom. The van der Waals surface area contributed by atoms with Crippen LogP contribution < -0.4 is 0 Å². The third-order valence-corrected chi connectivity index (χ3v) is 2.34. The van der Waals surface area contributed by atoms with E-state index in [-0.39, 0.29) is 12.4 Å². The summed E-state index contributed by atoms with van der Waals surface area (Å²) in [6.45, 7) is 4.43. The lowest BCUT2D eigenvalue weighted by Crippen LogP contribution is -2.08. The summed E-state index contributed by atoms with van der Waals surface area (Å²) < 4.78 is 5.03. The average Bonchev–Trinajstić information content (AvgIpc) is 2.18. The standard InChI is InChI=1S/C11H13ClO2/c1-3-14-7-11(13)9-5-4-8(2)10(12)6-9/h4-6H,3,7H2,1-2H3. The van der Waals surface area contributed by atoms with Crippen LogP contribution in [0.3, 0.4) is 0 Å². The van der Waals surface area contributed by atoms with Crippen LogP contribution in [0.5, 0.6) is 0 Å². The molecule has 0 saturated heterocycles. The van der Waals surface area contributed by atoms with Crippen LogP contribution in [0.1, 0.15) is 22.8 Å². The molecule has 0 fully saturated rings. The van der Waals surface area contributed by atoms with E-state index in [9.17, 15) is 4.79 Å². The molecule has 3 heteroatoms. The van der Waals surface area contributed by atoms with Crippen molar-refractivity contribution in [2.24, 2.45) is 0 Å². The van der Waals surface area contributed by atoms with Crippen molar-refractivity contribution in [2.45, 2.75) is 13.8 Å². The van der Waals surface area contributed by atoms with Crippen LogP contribution in [0.15, 0.2) is 18.2 Å². The monoisotopic (exact) mass is 212 g/mol. The first kappa shape index (κ1) is 11.2. The van der Waals surface area contributed by atoms with Gasteiger partial charge in [0.05, 0.1) is 0 Å². The molecule has 1 aromatic carbocycles. The molecule has 0 heterocycles. The van der Waals surface area contributed by atoms with E-state index in [1.165, 1.54) is 0 Å². The van der Waals surface area contributed by atoms with E-state index < -0.39 is 0 Å². The highest BCUT2D eigenvalue weighted by molar-refractivity contribution is 6.31. The summed E-state index contributed by atoms with van der Waals surface area (Å²) >= 11 is 5.90. The maximum atomic E-state index is 11.5. The Kier molecular flexibility index (Phi) is 4.11. The molecule has 1 aromatic rings. The van der Waals surface area contributed by atoms with Gasteiger partial charge in [0, 0.05) is 17.2 Å². The van der Waals surface area contributed by atoms with Crippen molar-refractivity contribution in [3.05, 3.63) is 34.3 Å². The number of benzene rings is 1. The summed E-state index contributed by atoms with van der Waals surface area (Å²) in [5.41, 5.74) is 1.58. The maximum Gasteiger partial charge on any atom is 0.188 e. The number of carbonyl (C=O) groups excluding carboxylic acids is 1. The largest absolute Gasteiger partial charge is 0.374 e. The molecule has 0 aliphatic carbocycles. The van der Waals surface area contributed by atoms with Crippen molar-refractivity contribution in [2.75, 3.05) is 13.2 Å². The van der Waals surface area contributed by atoms with E-state index in [0.29, 0.717) is 17.2 Å². The zero-order valence-corrected chi connectivity index (χ0v) is 9.10. The van der Waals surface area contributed by atoms with E-state index in [2.05, 4.69) is 0 Å². The molecule has 0 saturated carbocycles. The van der Waals surface area contributed by atoms with E-state index in [1.54, 1.807) is 12.1 Å². The van der Waals surface area contributed by atoms with E-state index >= 15 is 0 Å². The first-order valence-corrected chi connectivity index (χ1v) is 4.90. The lowest BCUT2D eigenvalue weighted by atomic mass is 10.1. The summed E-state index contributed by atoms with van der Waals surface area (Å²) in [6.07, 6.45) is 0. The number of hydrogen-bond acceptors (Lipinski definition) is 2. The average molecular weight is 213 g/mol. The van der Waals surface area contributed by atoms with Gasteiger partial charge in [-0.1, -0.05) is 23.7 Å². The van der Waals surface area contributed by atoms with Crippen molar-refractivity contribution < 1.29 is 9.53 Å². The van der Waals surface area contributed by atoms with Crippen molar-refractivity contribution in [1.82, 2.24) is 0 Å². The molecule has 0 aliphatic rings. The molecule has 14 heavy (non-hydrogen) atoms. The number of ketones is 1. The van der Waals surface area contributed by atoms with Crippen molar-refractivity contribution >= 4 is 17.4 Å². The Morgan fingerprint density at radius 1 is 1.50 bits per heavy atom. The van der Waals surface area contributed by atoms with Gasteiger partial charge >= 0.3 is 0 Å². The SMILES string of the molecule is CCOCC(=O)c1ccc(C)c(Cl)c1. The molecular weight excluding hydrogens is 200 g/mol. The zero-order valence-electron chi connectivity index (χ0n) is 8.34. The molecule has 0 aromatic heterocycles. The van der Waals surface area contributed by atoms with Crippen LogP contribution in [-0.4, -0.2) is 19.0 Å². The smallest absolute Gasteiger partial charge is 0.188 e. The molecule has 0 N–H and O–H groups in total. The zero-order chi connectivity index (χ0) is 10.6. The fraction of sp³-hybridized carbons (Fsp3) is 0.364. The van der Waals surface area contributed by atoms with E-state index in [0.717, 1.165) is 5.56 Å². The maximum absolute atomic E-state index is 11.5. The second-order valence-electron chi connectivity index (χ2n) is 3.02. The lowest BCUT2D eigenvalue weighted by molar-refractivity contribution is 0.0783. The highest BCUT2D eigenvalue weighted by Crippen LogP contribution is 2.16. The Bertz CT molecular complexity index is 334. The number of ether oxygens (including phenoxy) is 1. The molecule has 0 unspecified atom stereocenters. The first-order valence-electron chi connectivity index (χ1n) is 4.52. The van der Waals surface area contributed by atoms with Crippen molar-refractivity contribution in [3.8, 4) is 0 Å². The van der Waals surface area contributed by atoms with Gasteiger partial charge in [0.2, 0.25) is 0 Å². The molecule has 0 amide bonds. The number of Topliss-reactive ketones (excluding diaryl/α,β-unsaturated/α-hetero) is 1. The minimum Gasteiger partial charge on any atom is -0.374 e. The van der Waals surface area contributed by atoms with Crippen LogP contribution in [-0.2, 0) is 4.74 Å². The molecule has 76 valence electrons. The number of carbonyl (C=O) groups is 1. The minimum absolute atomic E-state index is 0.0336. The van der Waals surface area contributed by atoms with E-state index in [1.807, 2.05) is 19.9 Å². The van der Waals surface area contributed by atoms with Crippen molar-refractivity contribution in [3.63, 3.8) is 0 Å². The van der Waals surface area contributed by atoms with Crippen molar-refractivity contribution in [1.29, 1.82) is 0 Å². The quantitative estimate of drug-likeness (QED) is 0.718. The molecule has 0 bridgehead atoms. The number of rotatable bonds is 4. The normalized spacial score (nSPS) is 10.2. The summed E-state index contributed by atoms with van der Waals surface area (Å²) in [5, 5.41) is 0.618. The molecule has 0 atom stereocenters. The second-order valence-corrected chi connectivity index (χ2v) is 3.43. The Balaban J connectivity index is 2.76. The van der Waals surface area contributed by atoms with Gasteiger partial charge in [-0.05, 0) is 25.5 Å². The minimum atomic E-state index is -0.0336. The van der Waals surface area contributed by atoms with Gasteiger partial charge in [0.15, 0.2) is 5.78 Å². The molecule has 0 radical (unpaired) electrons. The molecular formula is C11H13ClO2. The second kappa shape index (κ2) is 5.13. The predicted octanol–water partition coefficient (Wildman–Crippen LogP) is 2.87. The summed E-state index contributed by atoms with van der Waals surface area (Å²) in [7, 11) is 0. The van der Waals surface area contributed by atoms with Gasteiger partial charge in [-0.2, -0.15) is 0 Å². The molecule has 0 spiro atoms. The molecule has 0 aliphatic heterocycles. The van der Waals surface area contributed by atoms with Gasteiger partial charge < -0.3 is 4.74 Å². The number of aryl methyl sites for hydroxylation is 1. The fourth-order valence-corrected chi connectivity index (χ4v) is 1.22. The third-order valence-electron chi connectivity index (χ3n) is 1.93. The van der Waals surface area contributed by atoms with E-state index in [4.69, 9.17) is 16.3 Å². The summed E-state index contributed by atoms with van der Waals surface area (Å²) in [6, 6.07) is 5.28. The van der Waals surface area contributed by atoms with Gasteiger partial charge in [0.25, 0.3) is 0 Å². The topological polar surface area (TPSA) is 26.3 Å². The highest BCUT2D eigenvalue weighted by Gasteiger charge is 2.06. The Morgan fingerprint density at radius 3 is 2.79 bits per heavy atom. The Hall–Kier alpha value is -0.860. The predicted molar refractivity (Wildman–Crippen MR) is 57.0 cm³/mol. The van der Waals surface area contributed by atoms with Crippen LogP contribution in [0, 0.1) is 6.92 Å². The van der Waals surface area contributed by atoms with Crippen LogP contribution >= 0.6 is 11.6 Å². The number of halogens is 1. The van der Waals surface area contributed by atoms with Crippen LogP contribution in [0.25, 0.3) is 0 Å². The van der Waals surface area contributed by atoms with Gasteiger partial charge in [-0.3, -0.25) is 4.79 Å². The summed E-state index contributed by atoms with van der Waals surface area (Å²) in [5.74, 6) is -0.0336. The van der Waals surface area contributed by atoms with Gasteiger partial charge in [0.1, 0.15) is 6.61 Å². The van der Waals surface area contributed by atoms with Crippen LogP contribution in [0.2, 0.25) is 5.02 Å². The number of hydrogen-bond donors (Lipinski definition) is 0. The molecule has 1 rings (SSSR count). The molecule has 2 nitrogen and oxygen atoms in total. The highest BCUT2D eigenvalue weighted by atomic mass is 35.5. The van der Waals surface area contributed by atoms with Gasteiger partial charge in [-0.15, -0.1) is 0 Å². The summed E-state index contributed by atoms with van der Waals surface area (Å²) in [4.78, 5) is 11.5. The first-order chi connectivity index (χ1) is 6.65. The third kappa shape index (κ3) is 2.82. The van der Waals surface area contributed by atoms with Crippen LogP contribution in [0.4, 0.5) is 0 Å².